The van der Waals surface area contributed by atoms with E-state index in [2.05, 4.69) is 19.2 Å². The molecule has 0 radical (unpaired) electrons. The van der Waals surface area contributed by atoms with Crippen LogP contribution in [0.5, 0.6) is 0 Å². The third-order valence-electron chi connectivity index (χ3n) is 8.87. The average Bonchev–Trinajstić information content (AvgIpc) is 3.52. The van der Waals surface area contributed by atoms with E-state index in [-0.39, 0.29) is 41.8 Å². The minimum absolute atomic E-state index is 0. The Balaban J connectivity index is -0.000000684. The summed E-state index contributed by atoms with van der Waals surface area (Å²) in [4.78, 5) is 30.6. The monoisotopic (exact) mass is 676 g/mol. The van der Waals surface area contributed by atoms with Crippen molar-refractivity contribution in [2.24, 2.45) is 0 Å². The van der Waals surface area contributed by atoms with Gasteiger partial charge in [0.25, 0.3) is 0 Å². The second kappa shape index (κ2) is 45.2. The van der Waals surface area contributed by atoms with Crippen molar-refractivity contribution in [3.05, 3.63) is 0 Å². The van der Waals surface area contributed by atoms with E-state index in [1.54, 1.807) is 0 Å². The number of carboxylic acid groups (broad SMARTS) is 2. The number of hydrogen-bond donors (Lipinski definition) is 1. The molecule has 1 N–H and O–H groups in total. The van der Waals surface area contributed by atoms with Crippen LogP contribution >= 0.6 is 0 Å². The van der Waals surface area contributed by atoms with Gasteiger partial charge in [-0.2, -0.15) is 0 Å². The van der Waals surface area contributed by atoms with E-state index in [0.29, 0.717) is 0 Å². The van der Waals surface area contributed by atoms with Gasteiger partial charge in [0.15, 0.2) is 0 Å². The van der Waals surface area contributed by atoms with E-state index in [1.165, 1.54) is 167 Å². The van der Waals surface area contributed by atoms with Gasteiger partial charge in [-0.15, -0.1) is 0 Å². The maximum Gasteiger partial charge on any atom is 2.00 e. The number of hydrogen-bond acceptors (Lipinski definition) is 5. The summed E-state index contributed by atoms with van der Waals surface area (Å²) in [7, 11) is 0. The number of amides is 1. The smallest absolute Gasteiger partial charge is 0.550 e. The normalized spacial score (nSPS) is 11.9. The second-order valence-electron chi connectivity index (χ2n) is 13.6. The van der Waals surface area contributed by atoms with Crippen molar-refractivity contribution in [3.63, 3.8) is 0 Å². The maximum absolute atomic E-state index is 10.2. The van der Waals surface area contributed by atoms with Crippen LogP contribution in [0.1, 0.15) is 232 Å². The van der Waals surface area contributed by atoms with Gasteiger partial charge in [0, 0.05) is 24.9 Å². The molecule has 47 heavy (non-hydrogen) atoms. The first kappa shape index (κ1) is 50.6. The molecule has 7 heteroatoms. The fraction of sp³-hybridized carbons (Fsp3) is 0.925. The van der Waals surface area contributed by atoms with Crippen molar-refractivity contribution in [1.82, 2.24) is 5.32 Å². The molecule has 0 bridgehead atoms. The van der Waals surface area contributed by atoms with Gasteiger partial charge in [-0.05, 0) is 32.1 Å². The van der Waals surface area contributed by atoms with Gasteiger partial charge < -0.3 is 25.1 Å². The van der Waals surface area contributed by atoms with Gasteiger partial charge >= 0.3 is 23.1 Å². The number of carboxylic acids is 2. The number of aliphatic carboxylic acids is 2. The Morgan fingerprint density at radius 3 is 0.851 bits per heavy atom. The SMILES string of the molecule is CCCCCCCCCCCCCCCCCC(=O)[O-].CCCCCCCCCCCCCCCCCC(=O)[O-].O=C1CCCN1.[Mg+2]. The zero-order valence-electron chi connectivity index (χ0n) is 31.5. The van der Waals surface area contributed by atoms with Gasteiger partial charge in [-0.1, -0.05) is 194 Å². The van der Waals surface area contributed by atoms with Crippen LogP contribution in [0.25, 0.3) is 0 Å². The van der Waals surface area contributed by atoms with Crippen LogP contribution in [-0.2, 0) is 14.4 Å². The molecule has 1 saturated heterocycles. The predicted molar refractivity (Wildman–Crippen MR) is 197 cm³/mol. The first-order valence-electron chi connectivity index (χ1n) is 20.1. The molecular weight excluding hydrogens is 599 g/mol. The summed E-state index contributed by atoms with van der Waals surface area (Å²) in [6.07, 6.45) is 41.5. The Kier molecular flexibility index (Phi) is 48.6. The molecule has 1 aliphatic rings. The predicted octanol–water partition coefficient (Wildman–Crippen LogP) is 9.51. The van der Waals surface area contributed by atoms with E-state index >= 15 is 0 Å². The van der Waals surface area contributed by atoms with Crippen LogP contribution in [0.2, 0.25) is 0 Å². The fourth-order valence-electron chi connectivity index (χ4n) is 5.85. The molecular formula is C40H77MgNO5. The van der Waals surface area contributed by atoms with Gasteiger partial charge in [0.05, 0.1) is 0 Å². The summed E-state index contributed by atoms with van der Waals surface area (Å²) in [5.74, 6) is -1.60. The van der Waals surface area contributed by atoms with Crippen molar-refractivity contribution >= 4 is 40.9 Å². The number of carbonyl (C=O) groups is 3. The van der Waals surface area contributed by atoms with Gasteiger partial charge in [-0.3, -0.25) is 4.79 Å². The van der Waals surface area contributed by atoms with Crippen molar-refractivity contribution < 1.29 is 24.6 Å². The number of carbonyl (C=O) groups excluding carboxylic acids is 3. The topological polar surface area (TPSA) is 109 Å². The third-order valence-corrected chi connectivity index (χ3v) is 8.87. The van der Waals surface area contributed by atoms with E-state index < -0.39 is 11.9 Å². The summed E-state index contributed by atoms with van der Waals surface area (Å²) in [6.45, 7) is 5.42. The first-order valence-corrected chi connectivity index (χ1v) is 20.1. The molecule has 0 unspecified atom stereocenters. The fourth-order valence-corrected chi connectivity index (χ4v) is 5.85. The van der Waals surface area contributed by atoms with E-state index in [9.17, 15) is 24.6 Å². The minimum atomic E-state index is -0.903. The molecule has 0 spiro atoms. The molecule has 6 nitrogen and oxygen atoms in total. The molecule has 0 saturated carbocycles. The zero-order chi connectivity index (χ0) is 34.2. The molecule has 0 aromatic rings. The summed E-state index contributed by atoms with van der Waals surface area (Å²) in [5.41, 5.74) is 0. The average molecular weight is 676 g/mol. The van der Waals surface area contributed by atoms with Crippen LogP contribution in [0, 0.1) is 0 Å². The maximum atomic E-state index is 10.2. The molecule has 1 aliphatic heterocycles. The van der Waals surface area contributed by atoms with Crippen molar-refractivity contribution in [1.29, 1.82) is 0 Å². The largest absolute Gasteiger partial charge is 2.00 e. The van der Waals surface area contributed by atoms with E-state index in [0.717, 1.165) is 45.1 Å². The summed E-state index contributed by atoms with van der Waals surface area (Å²) in [6, 6.07) is 0. The Morgan fingerprint density at radius 1 is 0.468 bits per heavy atom. The van der Waals surface area contributed by atoms with E-state index in [4.69, 9.17) is 0 Å². The van der Waals surface area contributed by atoms with Gasteiger partial charge in [0.1, 0.15) is 0 Å². The molecule has 0 aliphatic carbocycles. The van der Waals surface area contributed by atoms with Crippen LogP contribution in [0.15, 0.2) is 0 Å². The third kappa shape index (κ3) is 52.2. The van der Waals surface area contributed by atoms with Gasteiger partial charge in [-0.25, -0.2) is 0 Å². The summed E-state index contributed by atoms with van der Waals surface area (Å²) >= 11 is 0. The van der Waals surface area contributed by atoms with Crippen LogP contribution in [0.4, 0.5) is 0 Å². The Bertz CT molecular complexity index is 594. The van der Waals surface area contributed by atoms with Crippen molar-refractivity contribution in [2.75, 3.05) is 6.54 Å². The summed E-state index contributed by atoms with van der Waals surface area (Å²) in [5, 5.41) is 23.1. The molecule has 0 atom stereocenters. The Labute approximate surface area is 308 Å². The van der Waals surface area contributed by atoms with Crippen LogP contribution in [-0.4, -0.2) is 47.4 Å². The van der Waals surface area contributed by atoms with Crippen molar-refractivity contribution in [2.45, 2.75) is 232 Å². The molecule has 1 rings (SSSR count). The molecule has 274 valence electrons. The zero-order valence-corrected chi connectivity index (χ0v) is 32.9. The Morgan fingerprint density at radius 2 is 0.702 bits per heavy atom. The van der Waals surface area contributed by atoms with Crippen molar-refractivity contribution in [3.8, 4) is 0 Å². The molecule has 1 amide bonds. The minimum Gasteiger partial charge on any atom is -0.550 e. The molecule has 0 aromatic carbocycles. The number of unbranched alkanes of at least 4 members (excludes halogenated alkanes) is 28. The first-order chi connectivity index (χ1) is 22.4. The number of rotatable bonds is 32. The van der Waals surface area contributed by atoms with Gasteiger partial charge in [0.2, 0.25) is 5.91 Å². The molecule has 1 heterocycles. The van der Waals surface area contributed by atoms with Crippen LogP contribution in [0.3, 0.4) is 0 Å². The van der Waals surface area contributed by atoms with E-state index in [1.807, 2.05) is 0 Å². The second-order valence-corrected chi connectivity index (χ2v) is 13.6. The number of nitrogens with one attached hydrogen (secondary N) is 1. The molecule has 0 aromatic heterocycles. The summed E-state index contributed by atoms with van der Waals surface area (Å²) < 4.78 is 0. The molecule has 1 fully saturated rings. The van der Waals surface area contributed by atoms with Crippen LogP contribution < -0.4 is 15.5 Å². The quantitative estimate of drug-likeness (QED) is 0.0564. The Hall–Kier alpha value is -0.824. The standard InChI is InChI=1S/2C18H36O2.C4H7NO.Mg/c2*1-2-3-4-5-6-7-8-9-10-11-12-13-14-15-16-17-18(19)20;6-4-2-1-3-5-4;/h2*2-17H2,1H3,(H,19,20);1-3H2,(H,5,6);/q;;;+2/p-2.